The number of ether oxygens (including phenoxy) is 1. The molecule has 0 saturated carbocycles. The van der Waals surface area contributed by atoms with Crippen molar-refractivity contribution in [3.63, 3.8) is 0 Å². The Hall–Kier alpha value is -4.53. The first-order chi connectivity index (χ1) is 16.6. The molecule has 0 radical (unpaired) electrons. The van der Waals surface area contributed by atoms with E-state index in [0.29, 0.717) is 12.4 Å². The number of non-ortho nitro benzene ring substituents is 1. The fourth-order valence-corrected chi connectivity index (χ4v) is 4.38. The molecule has 0 saturated heterocycles. The van der Waals surface area contributed by atoms with E-state index in [-0.39, 0.29) is 29.2 Å². The van der Waals surface area contributed by atoms with Gasteiger partial charge in [0.05, 0.1) is 24.1 Å². The van der Waals surface area contributed by atoms with Crippen molar-refractivity contribution in [1.82, 2.24) is 14.8 Å². The van der Waals surface area contributed by atoms with Crippen molar-refractivity contribution >= 4 is 17.5 Å². The predicted octanol–water partition coefficient (Wildman–Crippen LogP) is 4.58. The van der Waals surface area contributed by atoms with Crippen LogP contribution in [-0.2, 0) is 0 Å². The minimum absolute atomic E-state index is 0.142. The molecule has 0 bridgehead atoms. The minimum Gasteiger partial charge on any atom is -0.497 e. The number of nitro groups is 1. The van der Waals surface area contributed by atoms with Gasteiger partial charge in [-0.3, -0.25) is 19.8 Å². The molecule has 9 nitrogen and oxygen atoms in total. The molecule has 0 spiro atoms. The Balaban J connectivity index is 1.62. The third kappa shape index (κ3) is 3.77. The number of benzene rings is 3. The van der Waals surface area contributed by atoms with Crippen LogP contribution in [0.2, 0.25) is 0 Å². The van der Waals surface area contributed by atoms with E-state index in [1.54, 1.807) is 22.8 Å². The molecule has 0 unspecified atom stereocenters. The fourth-order valence-electron chi connectivity index (χ4n) is 4.38. The van der Waals surface area contributed by atoms with Gasteiger partial charge < -0.3 is 4.74 Å². The van der Waals surface area contributed by atoms with Gasteiger partial charge in [-0.15, -0.1) is 0 Å². The summed E-state index contributed by atoms with van der Waals surface area (Å²) in [5.41, 5.74) is 2.02. The number of carbonyl (C=O) groups excluding carboxylic acids is 1. The van der Waals surface area contributed by atoms with Crippen molar-refractivity contribution in [1.29, 1.82) is 0 Å². The number of fused-ring (bicyclic) bond motifs is 1. The maximum absolute atomic E-state index is 13.8. The number of hydrogen-bond acceptors (Lipinski definition) is 6. The monoisotopic (exact) mass is 455 g/mol. The summed E-state index contributed by atoms with van der Waals surface area (Å²) < 4.78 is 7.02. The first kappa shape index (κ1) is 21.3. The summed E-state index contributed by atoms with van der Waals surface area (Å²) in [7, 11) is 1.62. The van der Waals surface area contributed by atoms with Crippen LogP contribution in [0.15, 0.2) is 85.2 Å². The Kier molecular flexibility index (Phi) is 5.51. The maximum Gasteiger partial charge on any atom is 0.270 e. The van der Waals surface area contributed by atoms with Crippen molar-refractivity contribution in [3.05, 3.63) is 112 Å². The fraction of sp³-hybridized carbons (Fsp3) is 0.160. The number of anilines is 1. The van der Waals surface area contributed by atoms with Gasteiger partial charge in [-0.2, -0.15) is 10.1 Å². The van der Waals surface area contributed by atoms with Crippen LogP contribution in [0.1, 0.15) is 40.0 Å². The van der Waals surface area contributed by atoms with Crippen LogP contribution < -0.4 is 9.64 Å². The smallest absolute Gasteiger partial charge is 0.270 e. The van der Waals surface area contributed by atoms with Crippen LogP contribution in [0.3, 0.4) is 0 Å². The molecule has 34 heavy (non-hydrogen) atoms. The summed E-state index contributed by atoms with van der Waals surface area (Å²) >= 11 is 0. The second-order valence-electron chi connectivity index (χ2n) is 7.94. The molecule has 1 aliphatic rings. The molecular weight excluding hydrogens is 434 g/mol. The van der Waals surface area contributed by atoms with Gasteiger partial charge in [-0.05, 0) is 35.7 Å². The molecule has 0 aliphatic carbocycles. The van der Waals surface area contributed by atoms with Gasteiger partial charge in [-0.1, -0.05) is 48.5 Å². The van der Waals surface area contributed by atoms with Crippen LogP contribution >= 0.6 is 0 Å². The number of amides is 1. The summed E-state index contributed by atoms with van der Waals surface area (Å²) in [6.45, 7) is 0. The van der Waals surface area contributed by atoms with Crippen LogP contribution in [0.5, 0.6) is 5.75 Å². The van der Waals surface area contributed by atoms with E-state index in [9.17, 15) is 14.9 Å². The molecule has 1 amide bonds. The number of hydrogen-bond donors (Lipinski definition) is 0. The first-order valence-electron chi connectivity index (χ1n) is 10.7. The summed E-state index contributed by atoms with van der Waals surface area (Å²) in [4.78, 5) is 30.5. The van der Waals surface area contributed by atoms with E-state index >= 15 is 0 Å². The summed E-state index contributed by atoms with van der Waals surface area (Å²) in [5.74, 6) is 0.762. The molecule has 0 N–H and O–H groups in total. The average Bonchev–Trinajstić information content (AvgIpc) is 3.38. The summed E-state index contributed by atoms with van der Waals surface area (Å²) in [6, 6.07) is 22.7. The molecule has 2 atom stereocenters. The third-order valence-corrected chi connectivity index (χ3v) is 6.03. The van der Waals surface area contributed by atoms with E-state index in [1.165, 1.54) is 24.5 Å². The van der Waals surface area contributed by atoms with Crippen molar-refractivity contribution in [2.24, 2.45) is 0 Å². The Bertz CT molecular complexity index is 1340. The van der Waals surface area contributed by atoms with Crippen LogP contribution in [-0.4, -0.2) is 32.7 Å². The van der Waals surface area contributed by atoms with Crippen molar-refractivity contribution in [2.75, 3.05) is 12.0 Å². The quantitative estimate of drug-likeness (QED) is 0.322. The lowest BCUT2D eigenvalue weighted by Crippen LogP contribution is -2.42. The highest BCUT2D eigenvalue weighted by molar-refractivity contribution is 6.06. The van der Waals surface area contributed by atoms with Crippen molar-refractivity contribution < 1.29 is 14.5 Å². The van der Waals surface area contributed by atoms with Crippen molar-refractivity contribution in [3.8, 4) is 5.75 Å². The highest BCUT2D eigenvalue weighted by Crippen LogP contribution is 2.42. The number of carbonyl (C=O) groups is 1. The van der Waals surface area contributed by atoms with E-state index in [2.05, 4.69) is 10.1 Å². The Morgan fingerprint density at radius 3 is 2.44 bits per heavy atom. The first-order valence-corrected chi connectivity index (χ1v) is 10.7. The molecule has 0 fully saturated rings. The molecular formula is C25H21N5O4. The van der Waals surface area contributed by atoms with Crippen LogP contribution in [0.4, 0.5) is 11.6 Å². The van der Waals surface area contributed by atoms with E-state index in [1.807, 2.05) is 54.6 Å². The summed E-state index contributed by atoms with van der Waals surface area (Å²) in [6.07, 6.45) is 1.97. The molecule has 5 rings (SSSR count). The Labute approximate surface area is 195 Å². The number of rotatable bonds is 5. The van der Waals surface area contributed by atoms with Crippen LogP contribution in [0, 0.1) is 10.1 Å². The summed E-state index contributed by atoms with van der Waals surface area (Å²) in [5, 5.41) is 15.7. The molecule has 9 heteroatoms. The number of aromatic nitrogens is 3. The van der Waals surface area contributed by atoms with E-state index < -0.39 is 4.92 Å². The van der Waals surface area contributed by atoms with Crippen molar-refractivity contribution in [2.45, 2.75) is 18.5 Å². The topological polar surface area (TPSA) is 103 Å². The van der Waals surface area contributed by atoms with Gasteiger partial charge in [0.1, 0.15) is 12.1 Å². The zero-order valence-corrected chi connectivity index (χ0v) is 18.3. The van der Waals surface area contributed by atoms with Gasteiger partial charge in [0.15, 0.2) is 0 Å². The largest absolute Gasteiger partial charge is 0.497 e. The predicted molar refractivity (Wildman–Crippen MR) is 125 cm³/mol. The lowest BCUT2D eigenvalue weighted by molar-refractivity contribution is -0.384. The second kappa shape index (κ2) is 8.78. The van der Waals surface area contributed by atoms with Gasteiger partial charge in [0, 0.05) is 17.7 Å². The lowest BCUT2D eigenvalue weighted by atomic mass is 9.91. The highest BCUT2D eigenvalue weighted by atomic mass is 16.6. The third-order valence-electron chi connectivity index (χ3n) is 6.03. The molecule has 170 valence electrons. The van der Waals surface area contributed by atoms with E-state index in [4.69, 9.17) is 4.74 Å². The normalized spacial score (nSPS) is 17.1. The Morgan fingerprint density at radius 2 is 1.74 bits per heavy atom. The highest BCUT2D eigenvalue weighted by Gasteiger charge is 2.40. The SMILES string of the molecule is COc1ccc([C@@H]2C[C@@H](c3ccccc3)N(C(=O)c3cccc([N+](=O)[O-])c3)c3ncnn32)cc1. The number of nitro benzene ring substituents is 1. The lowest BCUT2D eigenvalue weighted by Gasteiger charge is -2.39. The zero-order valence-electron chi connectivity index (χ0n) is 18.3. The van der Waals surface area contributed by atoms with Gasteiger partial charge in [-0.25, -0.2) is 4.68 Å². The molecule has 4 aromatic rings. The van der Waals surface area contributed by atoms with Gasteiger partial charge in [0.25, 0.3) is 11.6 Å². The molecule has 2 heterocycles. The van der Waals surface area contributed by atoms with Crippen LogP contribution in [0.25, 0.3) is 0 Å². The molecule has 1 aliphatic heterocycles. The zero-order chi connectivity index (χ0) is 23.7. The maximum atomic E-state index is 13.8. The second-order valence-corrected chi connectivity index (χ2v) is 7.94. The van der Waals surface area contributed by atoms with Gasteiger partial charge >= 0.3 is 0 Å². The standard InChI is InChI=1S/C25H21N5O4/c1-34-21-12-10-18(11-13-21)23-15-22(17-6-3-2-4-7-17)28(25-26-16-27-29(23)25)24(31)19-8-5-9-20(14-19)30(32)33/h2-14,16,22-23H,15H2,1H3/t22-,23-/m0/s1. The van der Waals surface area contributed by atoms with E-state index in [0.717, 1.165) is 16.9 Å². The number of methoxy groups -OCH3 is 1. The molecule has 3 aromatic carbocycles. The number of nitrogens with zero attached hydrogens (tertiary/aromatic N) is 5. The average molecular weight is 455 g/mol. The van der Waals surface area contributed by atoms with Gasteiger partial charge in [0.2, 0.25) is 5.95 Å². The molecule has 1 aromatic heterocycles. The minimum atomic E-state index is -0.510. The Morgan fingerprint density at radius 1 is 1.00 bits per heavy atom.